The molecule has 2 aromatic rings. The number of carbonyl (C=O) groups excluding carboxylic acids is 1. The van der Waals surface area contributed by atoms with Crippen molar-refractivity contribution in [3.05, 3.63) is 54.9 Å². The highest BCUT2D eigenvalue weighted by molar-refractivity contribution is 8.30. The van der Waals surface area contributed by atoms with E-state index >= 15 is 0 Å². The molecule has 42 heavy (non-hydrogen) atoms. The molecule has 2 aliphatic heterocycles. The monoisotopic (exact) mass is 649 g/mol. The molecule has 3 N–H and O–H groups in total. The molecule has 1 aromatic carbocycles. The van der Waals surface area contributed by atoms with Crippen LogP contribution >= 0.6 is 47.1 Å². The summed E-state index contributed by atoms with van der Waals surface area (Å²) in [7, 11) is 0. The molecule has 0 radical (unpaired) electrons. The Kier molecular flexibility index (Phi) is 9.35. The van der Waals surface area contributed by atoms with Gasteiger partial charge in [-0.05, 0) is 35.6 Å². The highest BCUT2D eigenvalue weighted by Crippen LogP contribution is 2.47. The van der Waals surface area contributed by atoms with Gasteiger partial charge >= 0.3 is 17.9 Å². The van der Waals surface area contributed by atoms with Crippen molar-refractivity contribution >= 4 is 91.4 Å². The number of thiocarbonyl (C=S) groups is 1. The number of thiazole rings is 1. The number of nitrogens with zero attached hydrogens (tertiary/aromatic N) is 3. The lowest BCUT2D eigenvalue weighted by atomic mass is 9.86. The molecule has 0 unspecified atom stereocenters. The number of fused-ring (bicyclic) bond motifs is 1. The molecule has 1 saturated heterocycles. The number of para-hydroxylation sites is 1. The summed E-state index contributed by atoms with van der Waals surface area (Å²) in [6, 6.07) is 7.69. The maximum Gasteiger partial charge on any atom is 0.323 e. The van der Waals surface area contributed by atoms with Gasteiger partial charge < -0.3 is 20.2 Å². The number of amides is 1. The Morgan fingerprint density at radius 1 is 0.952 bits per heavy atom. The summed E-state index contributed by atoms with van der Waals surface area (Å²) in [6.45, 7) is 4.80. The number of allylic oxidation sites excluding steroid dienone is 1. The number of aromatic nitrogens is 1. The lowest BCUT2D eigenvalue weighted by Gasteiger charge is -2.24. The Labute approximate surface area is 257 Å². The number of rotatable bonds is 9. The van der Waals surface area contributed by atoms with E-state index < -0.39 is 47.9 Å². The van der Waals surface area contributed by atoms with Gasteiger partial charge in [-0.25, -0.2) is 0 Å². The first-order valence-corrected chi connectivity index (χ1v) is 15.5. The number of thioether (sulfide) groups is 2. The molecular weight excluding hydrogens is 623 g/mol. The first kappa shape index (κ1) is 31.5. The second-order valence-corrected chi connectivity index (χ2v) is 14.1. The van der Waals surface area contributed by atoms with E-state index in [1.807, 2.05) is 56.0 Å². The van der Waals surface area contributed by atoms with Crippen molar-refractivity contribution in [3.8, 4) is 0 Å². The highest BCUT2D eigenvalue weighted by Gasteiger charge is 2.36. The zero-order chi connectivity index (χ0) is 30.9. The van der Waals surface area contributed by atoms with Gasteiger partial charge in [0.2, 0.25) is 0 Å². The molecular formula is C27H27N3O8S4. The van der Waals surface area contributed by atoms with Gasteiger partial charge in [-0.2, -0.15) is 0 Å². The predicted octanol–water partition coefficient (Wildman–Crippen LogP) is 2.56. The second-order valence-electron chi connectivity index (χ2n) is 10.4. The van der Waals surface area contributed by atoms with Crippen LogP contribution in [0.4, 0.5) is 5.69 Å². The highest BCUT2D eigenvalue weighted by atomic mass is 32.2. The van der Waals surface area contributed by atoms with Gasteiger partial charge in [-0.15, -0.1) is 11.3 Å². The van der Waals surface area contributed by atoms with Gasteiger partial charge in [0, 0.05) is 17.9 Å². The van der Waals surface area contributed by atoms with E-state index in [9.17, 15) is 34.2 Å². The minimum atomic E-state index is -1.29. The first-order valence-electron chi connectivity index (χ1n) is 12.6. The van der Waals surface area contributed by atoms with Gasteiger partial charge in [0.1, 0.15) is 27.0 Å². The molecule has 4 rings (SSSR count). The van der Waals surface area contributed by atoms with Crippen molar-refractivity contribution in [1.82, 2.24) is 9.47 Å². The molecule has 3 heterocycles. The maximum absolute atomic E-state index is 13.8. The number of carbonyl (C=O) groups is 4. The van der Waals surface area contributed by atoms with Crippen molar-refractivity contribution in [3.63, 3.8) is 0 Å². The van der Waals surface area contributed by atoms with Crippen LogP contribution in [0.15, 0.2) is 45.1 Å². The number of aliphatic carboxylic acids is 3. The van der Waals surface area contributed by atoms with Crippen molar-refractivity contribution in [2.45, 2.75) is 45.1 Å². The predicted molar refractivity (Wildman–Crippen MR) is 166 cm³/mol. The molecule has 0 bridgehead atoms. The van der Waals surface area contributed by atoms with Crippen molar-refractivity contribution in [2.24, 2.45) is 5.41 Å². The van der Waals surface area contributed by atoms with E-state index in [1.54, 1.807) is 0 Å². The quantitative estimate of drug-likeness (QED) is 0.342. The van der Waals surface area contributed by atoms with Gasteiger partial charge in [0.25, 0.3) is 11.5 Å². The molecule has 15 heteroatoms. The Hall–Kier alpha value is -3.40. The summed E-state index contributed by atoms with van der Waals surface area (Å²) in [5, 5.41) is 28.8. The SMILES string of the molecule is CC(C)(C)C(/C=C1\Sc2ccccc2N1CCCC(=O)O)=c1\s/c(=C2\SC(=S)N(CC(=O)O)C2=O)n(CC(=O)O)c1=O. The van der Waals surface area contributed by atoms with Crippen LogP contribution in [0.1, 0.15) is 33.6 Å². The maximum atomic E-state index is 13.8. The molecule has 1 fully saturated rings. The zero-order valence-electron chi connectivity index (χ0n) is 22.8. The van der Waals surface area contributed by atoms with Crippen LogP contribution in [0.5, 0.6) is 0 Å². The van der Waals surface area contributed by atoms with Gasteiger partial charge in [-0.1, -0.05) is 68.6 Å². The van der Waals surface area contributed by atoms with Crippen LogP contribution in [0.25, 0.3) is 10.5 Å². The van der Waals surface area contributed by atoms with E-state index in [-0.39, 0.29) is 24.8 Å². The minimum absolute atomic E-state index is 0.000870. The standard InChI is InChI=1S/C27H27N3O8S4/c1-27(2,3)14(11-17-28(10-6-9-18(31)32)15-7-4-5-8-16(15)40-17)21-23(37)29(12-19(33)34)25(41-21)22-24(38)30(13-20(35)36)26(39)42-22/h4-5,7-8,11H,6,9-10,12-13H2,1-3H3,(H,31,32)(H,33,34)(H,35,36)/b17-11-,21-14-,25-22-. The Morgan fingerprint density at radius 2 is 1.62 bits per heavy atom. The van der Waals surface area contributed by atoms with Crippen LogP contribution < -0.4 is 19.7 Å². The van der Waals surface area contributed by atoms with Gasteiger partial charge in [0.05, 0.1) is 15.2 Å². The third-order valence-corrected chi connectivity index (χ3v) is 10.1. The molecule has 1 aromatic heterocycles. The number of carboxylic acids is 3. The average Bonchev–Trinajstić information content (AvgIpc) is 3.48. The van der Waals surface area contributed by atoms with Crippen LogP contribution in [0, 0.1) is 5.41 Å². The summed E-state index contributed by atoms with van der Waals surface area (Å²) in [5.41, 5.74) is 0.306. The number of hydrogen-bond acceptors (Lipinski definition) is 10. The summed E-state index contributed by atoms with van der Waals surface area (Å²) in [5.74, 6) is -4.15. The van der Waals surface area contributed by atoms with Crippen LogP contribution in [-0.4, -0.2) is 66.0 Å². The smallest absolute Gasteiger partial charge is 0.323 e. The normalized spacial score (nSPS) is 18.1. The Morgan fingerprint density at radius 3 is 2.24 bits per heavy atom. The number of hydrogen-bond donors (Lipinski definition) is 3. The first-order chi connectivity index (χ1) is 19.7. The lowest BCUT2D eigenvalue weighted by molar-refractivity contribution is -0.140. The van der Waals surface area contributed by atoms with Gasteiger partial charge in [0.15, 0.2) is 0 Å². The Bertz CT molecular complexity index is 1720. The fourth-order valence-corrected chi connectivity index (χ4v) is 8.26. The van der Waals surface area contributed by atoms with Gasteiger partial charge in [-0.3, -0.25) is 33.4 Å². The number of benzene rings is 1. The molecule has 1 amide bonds. The average molecular weight is 650 g/mol. The summed E-state index contributed by atoms with van der Waals surface area (Å²) in [4.78, 5) is 65.1. The van der Waals surface area contributed by atoms with Crippen LogP contribution in [0.2, 0.25) is 0 Å². The summed E-state index contributed by atoms with van der Waals surface area (Å²) in [6.07, 6.45) is 2.25. The third-order valence-electron chi connectivity index (χ3n) is 6.24. The third kappa shape index (κ3) is 6.64. The van der Waals surface area contributed by atoms with E-state index in [4.69, 9.17) is 17.3 Å². The Balaban J connectivity index is 1.97. The zero-order valence-corrected chi connectivity index (χ0v) is 26.0. The van der Waals surface area contributed by atoms with Crippen LogP contribution in [0.3, 0.4) is 0 Å². The van der Waals surface area contributed by atoms with Crippen molar-refractivity contribution in [2.75, 3.05) is 18.0 Å². The molecule has 2 aliphatic rings. The summed E-state index contributed by atoms with van der Waals surface area (Å²) >= 11 is 8.49. The van der Waals surface area contributed by atoms with Crippen LogP contribution in [-0.2, 0) is 25.7 Å². The van der Waals surface area contributed by atoms with E-state index in [1.165, 1.54) is 11.8 Å². The topological polar surface area (TPSA) is 157 Å². The van der Waals surface area contributed by atoms with Crippen molar-refractivity contribution < 1.29 is 34.5 Å². The fourth-order valence-electron chi connectivity index (χ4n) is 4.35. The fraction of sp³-hybridized carbons (Fsp3) is 0.333. The van der Waals surface area contributed by atoms with E-state index in [2.05, 4.69) is 0 Å². The molecule has 222 valence electrons. The molecule has 0 aliphatic carbocycles. The van der Waals surface area contributed by atoms with E-state index in [0.717, 1.165) is 48.2 Å². The molecule has 11 nitrogen and oxygen atoms in total. The lowest BCUT2D eigenvalue weighted by Crippen LogP contribution is -2.37. The molecule has 0 atom stereocenters. The molecule has 0 spiro atoms. The van der Waals surface area contributed by atoms with E-state index in [0.29, 0.717) is 18.5 Å². The summed E-state index contributed by atoms with van der Waals surface area (Å²) < 4.78 is 1.34. The number of carboxylic acid groups (broad SMARTS) is 3. The minimum Gasteiger partial charge on any atom is -0.481 e. The second kappa shape index (κ2) is 12.5. The van der Waals surface area contributed by atoms with Crippen molar-refractivity contribution in [1.29, 1.82) is 0 Å². The largest absolute Gasteiger partial charge is 0.481 e. The number of anilines is 1. The molecule has 0 saturated carbocycles.